The van der Waals surface area contributed by atoms with Crippen LogP contribution in [0.3, 0.4) is 0 Å². The molecule has 0 spiro atoms. The Balaban J connectivity index is 2.92. The summed E-state index contributed by atoms with van der Waals surface area (Å²) in [6.45, 7) is 0. The molecule has 0 amide bonds. The minimum absolute atomic E-state index is 0.394. The van der Waals surface area contributed by atoms with Gasteiger partial charge in [0.2, 0.25) is 16.3 Å². The van der Waals surface area contributed by atoms with Crippen LogP contribution in [-0.2, 0) is 10.1 Å². The van der Waals surface area contributed by atoms with E-state index in [1.54, 1.807) is 0 Å². The molecule has 3 aromatic carbocycles. The zero-order chi connectivity index (χ0) is 19.7. The Labute approximate surface area is 140 Å². The second kappa shape index (κ2) is 5.00. The van der Waals surface area contributed by atoms with E-state index in [0.717, 1.165) is 0 Å². The van der Waals surface area contributed by atoms with Crippen LogP contribution in [0.1, 0.15) is 0 Å². The number of hydrogen-bond acceptors (Lipinski definition) is 10. The fourth-order valence-corrected chi connectivity index (χ4v) is 3.38. The molecule has 0 aliphatic carbocycles. The maximum absolute atomic E-state index is 12.1. The number of phenols is 4. The molecule has 0 saturated heterocycles. The van der Waals surface area contributed by atoms with Crippen LogP contribution in [0.25, 0.3) is 21.5 Å². The Bertz CT molecular complexity index is 1460. The Kier molecular flexibility index (Phi) is 3.33. The van der Waals surface area contributed by atoms with Gasteiger partial charge in [-0.15, -0.1) is 0 Å². The highest BCUT2D eigenvalue weighted by Crippen LogP contribution is 2.45. The lowest BCUT2D eigenvalue weighted by Gasteiger charge is -2.11. The Morgan fingerprint density at radius 1 is 0.654 bits per heavy atom. The molecular weight excluding hydrogens is 376 g/mol. The van der Waals surface area contributed by atoms with Crippen molar-refractivity contribution < 1.29 is 33.4 Å². The molecule has 0 radical (unpaired) electrons. The number of rotatable bonds is 1. The third-order valence-electron chi connectivity index (χ3n) is 3.77. The number of fused-ring (bicyclic) bond motifs is 2. The third-order valence-corrected chi connectivity index (χ3v) is 4.67. The van der Waals surface area contributed by atoms with Crippen molar-refractivity contribution in [1.29, 1.82) is 0 Å². The zero-order valence-electron chi connectivity index (χ0n) is 12.2. The highest BCUT2D eigenvalue weighted by molar-refractivity contribution is 7.86. The van der Waals surface area contributed by atoms with E-state index in [0.29, 0.717) is 6.07 Å². The fraction of sp³-hybridized carbons (Fsp3) is 0. The summed E-state index contributed by atoms with van der Waals surface area (Å²) in [4.78, 5) is 45.7. The van der Waals surface area contributed by atoms with Crippen LogP contribution in [0.4, 0.5) is 0 Å². The van der Waals surface area contributed by atoms with Crippen molar-refractivity contribution in [2.45, 2.75) is 4.90 Å². The molecule has 12 heteroatoms. The van der Waals surface area contributed by atoms with Crippen molar-refractivity contribution in [3.8, 4) is 23.0 Å². The van der Waals surface area contributed by atoms with Gasteiger partial charge in [0.05, 0.1) is 21.5 Å². The first-order chi connectivity index (χ1) is 11.9. The molecule has 0 aliphatic rings. The van der Waals surface area contributed by atoms with Crippen LogP contribution < -0.4 is 21.7 Å². The third kappa shape index (κ3) is 1.99. The van der Waals surface area contributed by atoms with Gasteiger partial charge in [-0.25, -0.2) is 0 Å². The molecule has 0 heterocycles. The van der Waals surface area contributed by atoms with Crippen molar-refractivity contribution in [2.24, 2.45) is 0 Å². The largest absolute Gasteiger partial charge is 0.507 e. The number of hydrogen-bond donors (Lipinski definition) is 5. The Hall–Kier alpha value is -3.51. The number of aromatic hydroxyl groups is 4. The fourth-order valence-electron chi connectivity index (χ4n) is 2.71. The molecule has 11 nitrogen and oxygen atoms in total. The van der Waals surface area contributed by atoms with Gasteiger partial charge < -0.3 is 20.4 Å². The first kappa shape index (κ1) is 17.3. The molecule has 134 valence electrons. The summed E-state index contributed by atoms with van der Waals surface area (Å²) >= 11 is 0. The smallest absolute Gasteiger partial charge is 0.302 e. The maximum Gasteiger partial charge on any atom is 0.302 e. The van der Waals surface area contributed by atoms with Gasteiger partial charge in [-0.1, -0.05) is 0 Å². The second-order valence-electron chi connectivity index (χ2n) is 5.23. The van der Waals surface area contributed by atoms with Gasteiger partial charge in [-0.3, -0.25) is 23.7 Å². The van der Waals surface area contributed by atoms with Crippen LogP contribution in [-0.4, -0.2) is 33.4 Å². The Morgan fingerprint density at radius 3 is 1.69 bits per heavy atom. The van der Waals surface area contributed by atoms with E-state index in [4.69, 9.17) is 4.55 Å². The van der Waals surface area contributed by atoms with Crippen molar-refractivity contribution >= 4 is 31.7 Å². The van der Waals surface area contributed by atoms with E-state index in [1.807, 2.05) is 0 Å². The average molecular weight is 382 g/mol. The molecule has 0 fully saturated rings. The van der Waals surface area contributed by atoms with Gasteiger partial charge in [0.25, 0.3) is 5.43 Å². The molecular formula is C14H6O11S. The molecule has 3 rings (SSSR count). The van der Waals surface area contributed by atoms with Crippen LogP contribution in [0.2, 0.25) is 0 Å². The highest BCUT2D eigenvalue weighted by atomic mass is 32.2. The highest BCUT2D eigenvalue weighted by Gasteiger charge is 2.31. The van der Waals surface area contributed by atoms with E-state index >= 15 is 0 Å². The lowest BCUT2D eigenvalue weighted by atomic mass is 9.98. The van der Waals surface area contributed by atoms with Crippen molar-refractivity contribution in [3.63, 3.8) is 0 Å². The molecule has 5 N–H and O–H groups in total. The molecule has 0 atom stereocenters. The van der Waals surface area contributed by atoms with E-state index in [1.165, 1.54) is 0 Å². The SMILES string of the molecule is O=c1cc(O)c2c(O)c3c(=O)c(=O)c(S(=O)(=O)O)c(O)c3c(O)c2c1=O. The van der Waals surface area contributed by atoms with Crippen LogP contribution in [0, 0.1) is 0 Å². The summed E-state index contributed by atoms with van der Waals surface area (Å²) in [6, 6.07) is 0.394. The predicted octanol–water partition coefficient (Wildman–Crippen LogP) is -1.62. The summed E-state index contributed by atoms with van der Waals surface area (Å²) < 4.78 is 31.6. The molecule has 3 aromatic rings. The maximum atomic E-state index is 12.1. The van der Waals surface area contributed by atoms with E-state index in [-0.39, 0.29) is 0 Å². The van der Waals surface area contributed by atoms with E-state index in [2.05, 4.69) is 0 Å². The molecule has 0 aliphatic heterocycles. The van der Waals surface area contributed by atoms with E-state index < -0.39 is 81.3 Å². The van der Waals surface area contributed by atoms with Gasteiger partial charge in [0, 0.05) is 6.07 Å². The second-order valence-corrected chi connectivity index (χ2v) is 6.59. The summed E-state index contributed by atoms with van der Waals surface area (Å²) in [5.74, 6) is -5.21. The molecule has 0 unspecified atom stereocenters. The van der Waals surface area contributed by atoms with Gasteiger partial charge in [0.1, 0.15) is 17.2 Å². The molecule has 0 bridgehead atoms. The normalized spacial score (nSPS) is 12.0. The summed E-state index contributed by atoms with van der Waals surface area (Å²) in [5, 5.41) is 36.0. The first-order valence-corrected chi connectivity index (χ1v) is 7.95. The minimum atomic E-state index is -5.43. The topological polar surface area (TPSA) is 204 Å². The molecule has 0 aromatic heterocycles. The average Bonchev–Trinajstić information content (AvgIpc) is 2.50. The number of phenolic OH excluding ortho intramolecular Hbond substituents is 4. The predicted molar refractivity (Wildman–Crippen MR) is 85.4 cm³/mol. The summed E-state index contributed by atoms with van der Waals surface area (Å²) in [7, 11) is -5.43. The summed E-state index contributed by atoms with van der Waals surface area (Å²) in [6.07, 6.45) is 0. The Morgan fingerprint density at radius 2 is 1.15 bits per heavy atom. The van der Waals surface area contributed by atoms with Crippen molar-refractivity contribution in [2.75, 3.05) is 0 Å². The van der Waals surface area contributed by atoms with Crippen LogP contribution in [0.15, 0.2) is 30.1 Å². The lowest BCUT2D eigenvalue weighted by Crippen LogP contribution is -2.30. The van der Waals surface area contributed by atoms with Gasteiger partial charge in [-0.2, -0.15) is 8.42 Å². The zero-order valence-corrected chi connectivity index (χ0v) is 13.0. The van der Waals surface area contributed by atoms with Gasteiger partial charge >= 0.3 is 10.1 Å². The number of benzene rings is 3. The first-order valence-electron chi connectivity index (χ1n) is 6.51. The molecule has 0 saturated carbocycles. The molecule has 26 heavy (non-hydrogen) atoms. The van der Waals surface area contributed by atoms with Crippen LogP contribution >= 0.6 is 0 Å². The van der Waals surface area contributed by atoms with Gasteiger partial charge in [-0.05, 0) is 0 Å². The van der Waals surface area contributed by atoms with E-state index in [9.17, 15) is 48.0 Å². The van der Waals surface area contributed by atoms with Gasteiger partial charge in [0.15, 0.2) is 10.6 Å². The van der Waals surface area contributed by atoms with Crippen LogP contribution in [0.5, 0.6) is 23.0 Å². The monoisotopic (exact) mass is 382 g/mol. The van der Waals surface area contributed by atoms with Crippen molar-refractivity contribution in [3.05, 3.63) is 47.0 Å². The lowest BCUT2D eigenvalue weighted by molar-refractivity contribution is 0.439. The summed E-state index contributed by atoms with van der Waals surface area (Å²) in [5.41, 5.74) is -6.44. The minimum Gasteiger partial charge on any atom is -0.507 e. The quantitative estimate of drug-likeness (QED) is 0.140. The van der Waals surface area contributed by atoms with Crippen molar-refractivity contribution in [1.82, 2.24) is 0 Å². The standard InChI is InChI=1S/C14H6O11S/c15-2-1-3(16)8(17)5-4(2)9(18)6-7(10(5)19)12(21)14(26(23,24)25)13(22)11(6)20/h1,15,18-19,21H,(H,23,24,25).